The number of hydrogen-bond donors (Lipinski definition) is 0. The van der Waals surface area contributed by atoms with E-state index < -0.39 is 4.92 Å². The van der Waals surface area contributed by atoms with Crippen LogP contribution in [-0.4, -0.2) is 30.1 Å². The van der Waals surface area contributed by atoms with Crippen molar-refractivity contribution in [2.24, 2.45) is 0 Å². The summed E-state index contributed by atoms with van der Waals surface area (Å²) >= 11 is 4.31. The largest absolute Gasteiger partial charge is 0.302 e. The van der Waals surface area contributed by atoms with Gasteiger partial charge in [-0.1, -0.05) is 12.8 Å². The third kappa shape index (κ3) is 3.05. The lowest BCUT2D eigenvalue weighted by Gasteiger charge is -2.10. The summed E-state index contributed by atoms with van der Waals surface area (Å²) in [5.41, 5.74) is -0.0599. The quantitative estimate of drug-likeness (QED) is 0.602. The van der Waals surface area contributed by atoms with Crippen molar-refractivity contribution in [1.82, 2.24) is 25.2 Å². The molecule has 0 saturated heterocycles. The van der Waals surface area contributed by atoms with Crippen molar-refractivity contribution in [2.45, 2.75) is 41.9 Å². The lowest BCUT2D eigenvalue weighted by molar-refractivity contribution is -0.388. The van der Waals surface area contributed by atoms with E-state index in [2.05, 4.69) is 36.4 Å². The molecule has 0 N–H and O–H groups in total. The topological polar surface area (TPSA) is 99.6 Å². The fourth-order valence-electron chi connectivity index (χ4n) is 2.34. The number of aromatic nitrogens is 5. The molecule has 0 spiro atoms. The molecule has 10 heteroatoms. The normalized spacial score (nSPS) is 15.5. The molecule has 2 aromatic rings. The summed E-state index contributed by atoms with van der Waals surface area (Å²) in [6.07, 6.45) is 5.92. The molecule has 0 radical (unpaired) electrons. The van der Waals surface area contributed by atoms with Crippen LogP contribution in [0.15, 0.2) is 26.9 Å². The number of nitrogens with zero attached hydrogens (tertiary/aromatic N) is 6. The van der Waals surface area contributed by atoms with Crippen LogP contribution in [0.5, 0.6) is 0 Å². The first-order chi connectivity index (χ1) is 10.1. The third-order valence-electron chi connectivity index (χ3n) is 3.32. The van der Waals surface area contributed by atoms with Crippen LogP contribution >= 0.6 is 27.7 Å². The first kappa shape index (κ1) is 14.4. The van der Waals surface area contributed by atoms with E-state index in [4.69, 9.17) is 0 Å². The van der Waals surface area contributed by atoms with Gasteiger partial charge in [-0.2, -0.15) is 0 Å². The molecule has 0 atom stereocenters. The molecule has 1 aliphatic carbocycles. The van der Waals surface area contributed by atoms with Crippen LogP contribution in [0.4, 0.5) is 5.69 Å². The Kier molecular flexibility index (Phi) is 4.15. The second kappa shape index (κ2) is 6.06. The van der Waals surface area contributed by atoms with Crippen molar-refractivity contribution < 1.29 is 4.92 Å². The molecule has 0 bridgehead atoms. The van der Waals surface area contributed by atoms with Gasteiger partial charge in [-0.15, -0.1) is 5.10 Å². The maximum absolute atomic E-state index is 11.1. The van der Waals surface area contributed by atoms with E-state index in [1.54, 1.807) is 4.68 Å². The summed E-state index contributed by atoms with van der Waals surface area (Å²) in [7, 11) is 0. The zero-order chi connectivity index (χ0) is 14.8. The minimum atomic E-state index is -0.455. The van der Waals surface area contributed by atoms with Gasteiger partial charge in [0.1, 0.15) is 0 Å². The first-order valence-electron chi connectivity index (χ1n) is 6.41. The number of pyridine rings is 1. The molecule has 2 heterocycles. The van der Waals surface area contributed by atoms with Gasteiger partial charge in [0.25, 0.3) is 0 Å². The smallest absolute Gasteiger partial charge is 0.258 e. The Bertz CT molecular complexity index is 672. The Morgan fingerprint density at radius 3 is 2.90 bits per heavy atom. The zero-order valence-electron chi connectivity index (χ0n) is 10.8. The van der Waals surface area contributed by atoms with E-state index in [-0.39, 0.29) is 16.8 Å². The maximum atomic E-state index is 11.1. The van der Waals surface area contributed by atoms with Gasteiger partial charge in [0.2, 0.25) is 5.16 Å². The van der Waals surface area contributed by atoms with Gasteiger partial charge in [0.15, 0.2) is 5.03 Å². The van der Waals surface area contributed by atoms with E-state index in [9.17, 15) is 10.1 Å². The summed E-state index contributed by atoms with van der Waals surface area (Å²) in [4.78, 5) is 14.8. The van der Waals surface area contributed by atoms with Gasteiger partial charge in [-0.25, -0.2) is 9.67 Å². The molecule has 0 aromatic carbocycles. The summed E-state index contributed by atoms with van der Waals surface area (Å²) in [5.74, 6) is 0. The standard InChI is InChI=1S/C11H11BrN6O2S/c12-7-5-9(18(19)20)10(13-6-7)21-11-14-15-16-17(11)8-3-1-2-4-8/h5-6,8H,1-4H2. The Balaban J connectivity index is 1.91. The molecule has 110 valence electrons. The SMILES string of the molecule is O=[N+]([O-])c1cc(Br)cnc1Sc1nnnn1C1CCCC1. The van der Waals surface area contributed by atoms with Crippen LogP contribution in [0.25, 0.3) is 0 Å². The van der Waals surface area contributed by atoms with Gasteiger partial charge < -0.3 is 0 Å². The van der Waals surface area contributed by atoms with Crippen LogP contribution < -0.4 is 0 Å². The minimum Gasteiger partial charge on any atom is -0.258 e. The number of rotatable bonds is 4. The third-order valence-corrected chi connectivity index (χ3v) is 4.71. The highest BCUT2D eigenvalue weighted by atomic mass is 79.9. The summed E-state index contributed by atoms with van der Waals surface area (Å²) < 4.78 is 2.32. The van der Waals surface area contributed by atoms with Crippen LogP contribution in [0.2, 0.25) is 0 Å². The van der Waals surface area contributed by atoms with Gasteiger partial charge in [0, 0.05) is 16.7 Å². The summed E-state index contributed by atoms with van der Waals surface area (Å²) in [5, 5.41) is 23.6. The molecule has 3 rings (SSSR count). The Morgan fingerprint density at radius 1 is 1.43 bits per heavy atom. The second-order valence-electron chi connectivity index (χ2n) is 4.68. The van der Waals surface area contributed by atoms with Crippen LogP contribution in [0.1, 0.15) is 31.7 Å². The fourth-order valence-corrected chi connectivity index (χ4v) is 3.53. The van der Waals surface area contributed by atoms with Crippen molar-refractivity contribution in [3.63, 3.8) is 0 Å². The van der Waals surface area contributed by atoms with E-state index in [0.29, 0.717) is 9.63 Å². The Hall–Kier alpha value is -1.55. The zero-order valence-corrected chi connectivity index (χ0v) is 13.2. The molecular formula is C11H11BrN6O2S. The number of tetrazole rings is 1. The molecule has 0 amide bonds. The van der Waals surface area contributed by atoms with Gasteiger partial charge in [-0.05, 0) is 51.0 Å². The molecule has 1 saturated carbocycles. The number of nitro groups is 1. The number of halogens is 1. The molecule has 1 aliphatic rings. The second-order valence-corrected chi connectivity index (χ2v) is 6.55. The summed E-state index contributed by atoms with van der Waals surface area (Å²) in [6.45, 7) is 0. The van der Waals surface area contributed by atoms with Crippen molar-refractivity contribution in [2.75, 3.05) is 0 Å². The predicted molar refractivity (Wildman–Crippen MR) is 78.0 cm³/mol. The molecule has 0 unspecified atom stereocenters. The molecular weight excluding hydrogens is 360 g/mol. The van der Waals surface area contributed by atoms with Crippen molar-refractivity contribution in [1.29, 1.82) is 0 Å². The highest BCUT2D eigenvalue weighted by Gasteiger charge is 2.25. The lowest BCUT2D eigenvalue weighted by atomic mass is 10.3. The average molecular weight is 371 g/mol. The van der Waals surface area contributed by atoms with Gasteiger partial charge in [0.05, 0.1) is 11.0 Å². The molecule has 1 fully saturated rings. The fraction of sp³-hybridized carbons (Fsp3) is 0.455. The van der Waals surface area contributed by atoms with Crippen LogP contribution in [0, 0.1) is 10.1 Å². The van der Waals surface area contributed by atoms with Crippen LogP contribution in [0.3, 0.4) is 0 Å². The van der Waals surface area contributed by atoms with E-state index in [1.165, 1.54) is 12.3 Å². The first-order valence-corrected chi connectivity index (χ1v) is 8.02. The Morgan fingerprint density at radius 2 is 2.19 bits per heavy atom. The van der Waals surface area contributed by atoms with Gasteiger partial charge in [-0.3, -0.25) is 10.1 Å². The van der Waals surface area contributed by atoms with E-state index in [0.717, 1.165) is 37.4 Å². The lowest BCUT2D eigenvalue weighted by Crippen LogP contribution is -2.08. The van der Waals surface area contributed by atoms with Crippen molar-refractivity contribution in [3.8, 4) is 0 Å². The highest BCUT2D eigenvalue weighted by molar-refractivity contribution is 9.10. The average Bonchev–Trinajstić information content (AvgIpc) is 3.11. The maximum Gasteiger partial charge on any atom is 0.302 e. The molecule has 21 heavy (non-hydrogen) atoms. The minimum absolute atomic E-state index is 0.0599. The van der Waals surface area contributed by atoms with Crippen molar-refractivity contribution >= 4 is 33.4 Å². The molecule has 8 nitrogen and oxygen atoms in total. The van der Waals surface area contributed by atoms with Crippen molar-refractivity contribution in [3.05, 3.63) is 26.9 Å². The summed E-state index contributed by atoms with van der Waals surface area (Å²) in [6, 6.07) is 1.70. The van der Waals surface area contributed by atoms with E-state index in [1.807, 2.05) is 0 Å². The van der Waals surface area contributed by atoms with E-state index >= 15 is 0 Å². The number of hydrogen-bond acceptors (Lipinski definition) is 7. The molecule has 0 aliphatic heterocycles. The highest BCUT2D eigenvalue weighted by Crippen LogP contribution is 2.36. The monoisotopic (exact) mass is 370 g/mol. The molecule has 2 aromatic heterocycles. The van der Waals surface area contributed by atoms with Gasteiger partial charge >= 0.3 is 5.69 Å². The Labute approximate surface area is 132 Å². The van der Waals surface area contributed by atoms with Crippen LogP contribution in [-0.2, 0) is 0 Å². The predicted octanol–water partition coefficient (Wildman–Crippen LogP) is 3.01.